The highest BCUT2D eigenvalue weighted by Crippen LogP contribution is 2.33. The number of halogens is 1. The number of hydrogen-bond acceptors (Lipinski definition) is 4. The van der Waals surface area contributed by atoms with Gasteiger partial charge in [0.15, 0.2) is 11.5 Å². The number of nitrogens with two attached hydrogens (primary N) is 1. The predicted octanol–water partition coefficient (Wildman–Crippen LogP) is 2.51. The van der Waals surface area contributed by atoms with Crippen molar-refractivity contribution in [2.45, 2.75) is 6.10 Å². The fraction of sp³-hybridized carbons (Fsp3) is 0.200. The Labute approximate surface area is 116 Å². The lowest BCUT2D eigenvalue weighted by Crippen LogP contribution is -2.05. The third-order valence-electron chi connectivity index (χ3n) is 3.07. The summed E-state index contributed by atoms with van der Waals surface area (Å²) in [6.07, 6.45) is -1.04. The maximum atomic E-state index is 13.3. The summed E-state index contributed by atoms with van der Waals surface area (Å²) < 4.78 is 23.6. The highest BCUT2D eigenvalue weighted by atomic mass is 19.1. The second-order valence-corrected chi connectivity index (χ2v) is 4.29. The zero-order valence-corrected chi connectivity index (χ0v) is 11.3. The molecule has 106 valence electrons. The minimum atomic E-state index is -1.04. The molecule has 0 saturated carbocycles. The van der Waals surface area contributed by atoms with Crippen molar-refractivity contribution in [1.82, 2.24) is 0 Å². The molecule has 0 fully saturated rings. The van der Waals surface area contributed by atoms with Crippen LogP contribution in [0.2, 0.25) is 0 Å². The van der Waals surface area contributed by atoms with E-state index in [0.717, 1.165) is 0 Å². The number of methoxy groups -OCH3 is 2. The topological polar surface area (TPSA) is 64.7 Å². The van der Waals surface area contributed by atoms with Gasteiger partial charge in [0.1, 0.15) is 11.9 Å². The fourth-order valence-corrected chi connectivity index (χ4v) is 1.98. The molecule has 0 bridgehead atoms. The Balaban J connectivity index is 2.42. The first-order valence-electron chi connectivity index (χ1n) is 6.01. The minimum absolute atomic E-state index is 0.317. The Morgan fingerprint density at radius 1 is 1.05 bits per heavy atom. The minimum Gasteiger partial charge on any atom is -0.493 e. The molecule has 0 aliphatic rings. The average Bonchev–Trinajstić information content (AvgIpc) is 2.48. The summed E-state index contributed by atoms with van der Waals surface area (Å²) >= 11 is 0. The van der Waals surface area contributed by atoms with Gasteiger partial charge in [-0.2, -0.15) is 0 Å². The van der Waals surface area contributed by atoms with Gasteiger partial charge in [0.2, 0.25) is 0 Å². The largest absolute Gasteiger partial charge is 0.493 e. The molecule has 3 N–H and O–H groups in total. The van der Waals surface area contributed by atoms with Crippen LogP contribution in [0.4, 0.5) is 10.1 Å². The number of ether oxygens (including phenoxy) is 2. The van der Waals surface area contributed by atoms with Gasteiger partial charge in [0.25, 0.3) is 0 Å². The number of aliphatic hydroxyl groups excluding tert-OH is 1. The summed E-state index contributed by atoms with van der Waals surface area (Å²) in [7, 11) is 3.03. The first-order chi connectivity index (χ1) is 9.56. The van der Waals surface area contributed by atoms with Gasteiger partial charge in [-0.1, -0.05) is 6.07 Å². The van der Waals surface area contributed by atoms with E-state index < -0.39 is 11.9 Å². The molecule has 0 radical (unpaired) electrons. The van der Waals surface area contributed by atoms with Gasteiger partial charge in [-0.25, -0.2) is 4.39 Å². The Kier molecular flexibility index (Phi) is 4.10. The van der Waals surface area contributed by atoms with Gasteiger partial charge >= 0.3 is 0 Å². The normalized spacial score (nSPS) is 12.0. The lowest BCUT2D eigenvalue weighted by molar-refractivity contribution is 0.219. The maximum Gasteiger partial charge on any atom is 0.161 e. The molecule has 0 amide bonds. The lowest BCUT2D eigenvalue weighted by atomic mass is 9.99. The Bertz CT molecular complexity index is 616. The molecule has 0 aromatic heterocycles. The first-order valence-corrected chi connectivity index (χ1v) is 6.01. The van der Waals surface area contributed by atoms with Crippen LogP contribution in [0.3, 0.4) is 0 Å². The van der Waals surface area contributed by atoms with Crippen LogP contribution in [0.5, 0.6) is 11.5 Å². The quantitative estimate of drug-likeness (QED) is 0.843. The van der Waals surface area contributed by atoms with Gasteiger partial charge in [-0.05, 0) is 35.9 Å². The average molecular weight is 277 g/mol. The number of rotatable bonds is 4. The third-order valence-corrected chi connectivity index (χ3v) is 3.07. The smallest absolute Gasteiger partial charge is 0.161 e. The van der Waals surface area contributed by atoms with E-state index in [4.69, 9.17) is 15.2 Å². The standard InChI is InChI=1S/C15H16FNO3/c1-19-13-6-3-9(7-14(13)20-2)15(18)11-8-10(16)4-5-12(11)17/h3-8,15,18H,17H2,1-2H3. The van der Waals surface area contributed by atoms with Gasteiger partial charge in [0.05, 0.1) is 14.2 Å². The zero-order chi connectivity index (χ0) is 14.7. The van der Waals surface area contributed by atoms with Gasteiger partial charge < -0.3 is 20.3 Å². The van der Waals surface area contributed by atoms with E-state index in [9.17, 15) is 9.50 Å². The zero-order valence-electron chi connectivity index (χ0n) is 11.3. The number of aliphatic hydroxyl groups is 1. The van der Waals surface area contributed by atoms with Crippen molar-refractivity contribution in [1.29, 1.82) is 0 Å². The van der Waals surface area contributed by atoms with E-state index in [1.165, 1.54) is 32.4 Å². The molecule has 0 aliphatic heterocycles. The molecule has 2 rings (SSSR count). The molecule has 0 aliphatic carbocycles. The summed E-state index contributed by atoms with van der Waals surface area (Å²) in [5.41, 5.74) is 6.96. The van der Waals surface area contributed by atoms with E-state index in [2.05, 4.69) is 0 Å². The second kappa shape index (κ2) is 5.79. The number of anilines is 1. The Hall–Kier alpha value is -2.27. The van der Waals surface area contributed by atoms with E-state index >= 15 is 0 Å². The lowest BCUT2D eigenvalue weighted by Gasteiger charge is -2.16. The van der Waals surface area contributed by atoms with Gasteiger partial charge in [-0.3, -0.25) is 0 Å². The Morgan fingerprint density at radius 2 is 1.75 bits per heavy atom. The summed E-state index contributed by atoms with van der Waals surface area (Å²) in [4.78, 5) is 0. The maximum absolute atomic E-state index is 13.3. The summed E-state index contributed by atoms with van der Waals surface area (Å²) in [6.45, 7) is 0. The monoisotopic (exact) mass is 277 g/mol. The van der Waals surface area contributed by atoms with Crippen molar-refractivity contribution < 1.29 is 19.0 Å². The summed E-state index contributed by atoms with van der Waals surface area (Å²) in [5, 5.41) is 10.3. The van der Waals surface area contributed by atoms with Crippen LogP contribution >= 0.6 is 0 Å². The van der Waals surface area contributed by atoms with Gasteiger partial charge in [-0.15, -0.1) is 0 Å². The van der Waals surface area contributed by atoms with Crippen molar-refractivity contribution in [3.05, 3.63) is 53.3 Å². The van der Waals surface area contributed by atoms with Crippen molar-refractivity contribution in [2.24, 2.45) is 0 Å². The highest BCUT2D eigenvalue weighted by Gasteiger charge is 2.16. The molecule has 0 heterocycles. The summed E-state index contributed by atoms with van der Waals surface area (Å²) in [6, 6.07) is 8.88. The van der Waals surface area contributed by atoms with Gasteiger partial charge in [0, 0.05) is 11.3 Å². The van der Waals surface area contributed by atoms with Crippen LogP contribution in [0.25, 0.3) is 0 Å². The van der Waals surface area contributed by atoms with Crippen LogP contribution in [0, 0.1) is 5.82 Å². The van der Waals surface area contributed by atoms with Crippen molar-refractivity contribution in [3.8, 4) is 11.5 Å². The molecule has 1 unspecified atom stereocenters. The molecular weight excluding hydrogens is 261 g/mol. The molecule has 2 aromatic carbocycles. The van der Waals surface area contributed by atoms with Crippen molar-refractivity contribution in [2.75, 3.05) is 20.0 Å². The van der Waals surface area contributed by atoms with E-state index in [1.54, 1.807) is 18.2 Å². The van der Waals surface area contributed by atoms with E-state index in [-0.39, 0.29) is 0 Å². The van der Waals surface area contributed by atoms with Crippen molar-refractivity contribution in [3.63, 3.8) is 0 Å². The third kappa shape index (κ3) is 2.67. The highest BCUT2D eigenvalue weighted by molar-refractivity contribution is 5.52. The van der Waals surface area contributed by atoms with Crippen LogP contribution in [-0.4, -0.2) is 19.3 Å². The molecule has 5 heteroatoms. The first kappa shape index (κ1) is 14.1. The molecule has 0 spiro atoms. The van der Waals surface area contributed by atoms with E-state index in [0.29, 0.717) is 28.3 Å². The summed E-state index contributed by atoms with van der Waals surface area (Å²) in [5.74, 6) is 0.586. The molecule has 0 saturated heterocycles. The van der Waals surface area contributed by atoms with Crippen molar-refractivity contribution >= 4 is 5.69 Å². The second-order valence-electron chi connectivity index (χ2n) is 4.29. The SMILES string of the molecule is COc1ccc(C(O)c2cc(F)ccc2N)cc1OC. The molecule has 2 aromatic rings. The number of nitrogen functional groups attached to an aromatic ring is 1. The number of hydrogen-bond donors (Lipinski definition) is 2. The Morgan fingerprint density at radius 3 is 2.40 bits per heavy atom. The van der Waals surface area contributed by atoms with E-state index in [1.807, 2.05) is 0 Å². The predicted molar refractivity (Wildman–Crippen MR) is 74.4 cm³/mol. The molecule has 4 nitrogen and oxygen atoms in total. The molecular formula is C15H16FNO3. The molecule has 20 heavy (non-hydrogen) atoms. The fourth-order valence-electron chi connectivity index (χ4n) is 1.98. The van der Waals surface area contributed by atoms with Crippen LogP contribution < -0.4 is 15.2 Å². The number of benzene rings is 2. The van der Waals surface area contributed by atoms with Crippen LogP contribution in [0.1, 0.15) is 17.2 Å². The van der Waals surface area contributed by atoms with Crippen LogP contribution in [-0.2, 0) is 0 Å². The van der Waals surface area contributed by atoms with Crippen LogP contribution in [0.15, 0.2) is 36.4 Å². The molecule has 1 atom stereocenters.